The van der Waals surface area contributed by atoms with Gasteiger partial charge >= 0.3 is 0 Å². The van der Waals surface area contributed by atoms with Crippen LogP contribution >= 0.6 is 0 Å². The molecule has 6 nitrogen and oxygen atoms in total. The number of carbonyl (C=O) groups excluding carboxylic acids is 1. The fraction of sp³-hybridized carbons (Fsp3) is 0.474. The third kappa shape index (κ3) is 3.39. The van der Waals surface area contributed by atoms with E-state index in [1.807, 2.05) is 42.3 Å². The van der Waals surface area contributed by atoms with Gasteiger partial charge in [0.2, 0.25) is 5.91 Å². The number of aromatic nitrogens is 2. The summed E-state index contributed by atoms with van der Waals surface area (Å²) in [7, 11) is 3.44. The summed E-state index contributed by atoms with van der Waals surface area (Å²) in [5, 5.41) is 15.3. The number of hydrogen-bond acceptors (Lipinski definition) is 4. The molecule has 0 bridgehead atoms. The van der Waals surface area contributed by atoms with Crippen molar-refractivity contribution in [2.45, 2.75) is 37.8 Å². The van der Waals surface area contributed by atoms with Gasteiger partial charge in [-0.1, -0.05) is 12.1 Å². The molecule has 1 aromatic heterocycles. The fourth-order valence-corrected chi connectivity index (χ4v) is 3.60. The molecule has 1 aliphatic rings. The summed E-state index contributed by atoms with van der Waals surface area (Å²) in [5.41, 5.74) is 0.559. The van der Waals surface area contributed by atoms with Crippen molar-refractivity contribution in [2.24, 2.45) is 7.05 Å². The third-order valence-electron chi connectivity index (χ3n) is 5.15. The largest absolute Gasteiger partial charge is 0.497 e. The van der Waals surface area contributed by atoms with Gasteiger partial charge in [-0.2, -0.15) is 5.10 Å². The van der Waals surface area contributed by atoms with Gasteiger partial charge in [0.05, 0.1) is 19.6 Å². The molecule has 0 spiro atoms. The molecule has 2 atom stereocenters. The van der Waals surface area contributed by atoms with Gasteiger partial charge in [-0.25, -0.2) is 0 Å². The minimum absolute atomic E-state index is 0.0277. The van der Waals surface area contributed by atoms with E-state index in [1.54, 1.807) is 24.9 Å². The van der Waals surface area contributed by atoms with E-state index in [2.05, 4.69) is 5.10 Å². The number of aryl methyl sites for hydroxylation is 1. The van der Waals surface area contributed by atoms with Crippen LogP contribution < -0.4 is 4.74 Å². The maximum atomic E-state index is 12.8. The molecule has 134 valence electrons. The number of aliphatic hydroxyl groups is 1. The fourth-order valence-electron chi connectivity index (χ4n) is 3.60. The first-order valence-corrected chi connectivity index (χ1v) is 8.56. The van der Waals surface area contributed by atoms with E-state index >= 15 is 0 Å². The van der Waals surface area contributed by atoms with E-state index in [0.29, 0.717) is 13.0 Å². The first-order chi connectivity index (χ1) is 11.9. The van der Waals surface area contributed by atoms with Gasteiger partial charge in [-0.15, -0.1) is 0 Å². The van der Waals surface area contributed by atoms with Crippen LogP contribution in [0.25, 0.3) is 0 Å². The number of ether oxygens (including phenoxy) is 1. The molecule has 0 unspecified atom stereocenters. The second-order valence-corrected chi connectivity index (χ2v) is 6.74. The lowest BCUT2D eigenvalue weighted by molar-refractivity contribution is -0.137. The molecule has 1 aromatic carbocycles. The summed E-state index contributed by atoms with van der Waals surface area (Å²) in [4.78, 5) is 14.6. The Morgan fingerprint density at radius 1 is 1.36 bits per heavy atom. The van der Waals surface area contributed by atoms with E-state index in [1.165, 1.54) is 0 Å². The monoisotopic (exact) mass is 343 g/mol. The summed E-state index contributed by atoms with van der Waals surface area (Å²) >= 11 is 0. The molecule has 1 N–H and O–H groups in total. The smallest absolute Gasteiger partial charge is 0.228 e. The summed E-state index contributed by atoms with van der Waals surface area (Å²) < 4.78 is 6.90. The van der Waals surface area contributed by atoms with E-state index in [4.69, 9.17) is 4.74 Å². The highest BCUT2D eigenvalue weighted by Crippen LogP contribution is 2.35. The van der Waals surface area contributed by atoms with Gasteiger partial charge in [0.1, 0.15) is 11.4 Å². The number of likely N-dealkylation sites (tertiary alicyclic amines) is 1. The highest BCUT2D eigenvalue weighted by Gasteiger charge is 2.42. The lowest BCUT2D eigenvalue weighted by atomic mass is 9.86. The van der Waals surface area contributed by atoms with Crippen molar-refractivity contribution in [3.8, 4) is 5.75 Å². The van der Waals surface area contributed by atoms with Crippen molar-refractivity contribution < 1.29 is 14.6 Å². The lowest BCUT2D eigenvalue weighted by Gasteiger charge is -2.37. The SMILES string of the molecule is COc1ccc([C@@](C)(O)[C@@H]2CCCN2C(=O)Cc2ccnn2C)cc1. The van der Waals surface area contributed by atoms with Gasteiger partial charge in [-0.05, 0) is 43.5 Å². The van der Waals surface area contributed by atoms with Gasteiger partial charge in [0.25, 0.3) is 0 Å². The first-order valence-electron chi connectivity index (χ1n) is 8.56. The van der Waals surface area contributed by atoms with Gasteiger partial charge in [0.15, 0.2) is 0 Å². The molecule has 3 rings (SSSR count). The summed E-state index contributed by atoms with van der Waals surface area (Å²) in [6.45, 7) is 2.46. The molecule has 2 aromatic rings. The normalized spacial score (nSPS) is 19.7. The number of benzene rings is 1. The average molecular weight is 343 g/mol. The third-order valence-corrected chi connectivity index (χ3v) is 5.15. The Hall–Kier alpha value is -2.34. The number of methoxy groups -OCH3 is 1. The molecule has 1 saturated heterocycles. The van der Waals surface area contributed by atoms with Crippen LogP contribution in [0.2, 0.25) is 0 Å². The Morgan fingerprint density at radius 3 is 2.68 bits per heavy atom. The standard InChI is InChI=1S/C19H25N3O3/c1-19(24,14-6-8-16(25-3)9-7-14)17-5-4-12-22(17)18(23)13-15-10-11-20-21(15)2/h6-11,17,24H,4-5,12-13H2,1-3H3/t17-,19+/m0/s1. The minimum atomic E-state index is -1.11. The summed E-state index contributed by atoms with van der Waals surface area (Å²) in [6.07, 6.45) is 3.67. The van der Waals surface area contributed by atoms with Crippen molar-refractivity contribution in [1.29, 1.82) is 0 Å². The van der Waals surface area contributed by atoms with Crippen LogP contribution in [0.15, 0.2) is 36.5 Å². The number of amides is 1. The van der Waals surface area contributed by atoms with E-state index in [0.717, 1.165) is 29.8 Å². The first kappa shape index (κ1) is 17.5. The number of nitrogens with zero attached hydrogens (tertiary/aromatic N) is 3. The Kier molecular flexibility index (Phi) is 4.81. The second-order valence-electron chi connectivity index (χ2n) is 6.74. The number of rotatable bonds is 5. The number of hydrogen-bond donors (Lipinski definition) is 1. The van der Waals surface area contributed by atoms with Crippen LogP contribution in [0.4, 0.5) is 0 Å². The molecule has 25 heavy (non-hydrogen) atoms. The summed E-state index contributed by atoms with van der Waals surface area (Å²) in [5.74, 6) is 0.773. The van der Waals surface area contributed by atoms with Crippen molar-refractivity contribution in [3.05, 3.63) is 47.8 Å². The molecule has 0 saturated carbocycles. The molecule has 0 aliphatic carbocycles. The molecular formula is C19H25N3O3. The molecular weight excluding hydrogens is 318 g/mol. The molecule has 1 amide bonds. The zero-order valence-electron chi connectivity index (χ0n) is 15.0. The molecule has 6 heteroatoms. The Morgan fingerprint density at radius 2 is 2.08 bits per heavy atom. The van der Waals surface area contributed by atoms with Crippen LogP contribution in [0.1, 0.15) is 31.0 Å². The predicted molar refractivity (Wildman–Crippen MR) is 94.2 cm³/mol. The van der Waals surface area contributed by atoms with Gasteiger partial charge < -0.3 is 14.7 Å². The predicted octanol–water partition coefficient (Wildman–Crippen LogP) is 1.87. The van der Waals surface area contributed by atoms with Crippen LogP contribution in [0, 0.1) is 0 Å². The van der Waals surface area contributed by atoms with Crippen molar-refractivity contribution in [1.82, 2.24) is 14.7 Å². The van der Waals surface area contributed by atoms with Crippen molar-refractivity contribution in [2.75, 3.05) is 13.7 Å². The molecule has 2 heterocycles. The van der Waals surface area contributed by atoms with Crippen molar-refractivity contribution in [3.63, 3.8) is 0 Å². The second kappa shape index (κ2) is 6.88. The lowest BCUT2D eigenvalue weighted by Crippen LogP contribution is -2.48. The van der Waals surface area contributed by atoms with Gasteiger partial charge in [0, 0.05) is 25.5 Å². The number of carbonyl (C=O) groups is 1. The zero-order valence-corrected chi connectivity index (χ0v) is 15.0. The van der Waals surface area contributed by atoms with E-state index in [-0.39, 0.29) is 11.9 Å². The van der Waals surface area contributed by atoms with Crippen LogP contribution in [0.3, 0.4) is 0 Å². The highest BCUT2D eigenvalue weighted by atomic mass is 16.5. The van der Waals surface area contributed by atoms with Gasteiger partial charge in [-0.3, -0.25) is 9.48 Å². The van der Waals surface area contributed by atoms with Crippen LogP contribution in [0.5, 0.6) is 5.75 Å². The maximum absolute atomic E-state index is 12.8. The van der Waals surface area contributed by atoms with E-state index < -0.39 is 5.60 Å². The maximum Gasteiger partial charge on any atom is 0.228 e. The molecule has 1 fully saturated rings. The minimum Gasteiger partial charge on any atom is -0.497 e. The average Bonchev–Trinajstić information content (AvgIpc) is 3.25. The Balaban J connectivity index is 1.79. The van der Waals surface area contributed by atoms with Crippen LogP contribution in [-0.4, -0.2) is 45.4 Å². The zero-order chi connectivity index (χ0) is 18.0. The van der Waals surface area contributed by atoms with Crippen LogP contribution in [-0.2, 0) is 23.9 Å². The van der Waals surface area contributed by atoms with E-state index in [9.17, 15) is 9.90 Å². The summed E-state index contributed by atoms with van der Waals surface area (Å²) in [6, 6.07) is 9.01. The quantitative estimate of drug-likeness (QED) is 0.900. The highest BCUT2D eigenvalue weighted by molar-refractivity contribution is 5.79. The Labute approximate surface area is 148 Å². The topological polar surface area (TPSA) is 67.6 Å². The Bertz CT molecular complexity index is 737. The van der Waals surface area contributed by atoms with Crippen molar-refractivity contribution >= 4 is 5.91 Å². The molecule has 1 aliphatic heterocycles. The molecule has 0 radical (unpaired) electrons.